The van der Waals surface area contributed by atoms with Gasteiger partial charge in [-0.1, -0.05) is 74.8 Å². The summed E-state index contributed by atoms with van der Waals surface area (Å²) in [7, 11) is 3.24. The van der Waals surface area contributed by atoms with Crippen molar-refractivity contribution in [1.29, 1.82) is 0 Å². The number of fused-ring (bicyclic) bond motifs is 1. The molecule has 0 aliphatic carbocycles. The molecule has 2 amide bonds. The Hall–Kier alpha value is -4.35. The number of rotatable bonds is 17. The lowest BCUT2D eigenvalue weighted by Crippen LogP contribution is -2.45. The lowest BCUT2D eigenvalue weighted by atomic mass is 9.94. The number of hydrogen-bond donors (Lipinski definition) is 2. The second kappa shape index (κ2) is 20.5. The lowest BCUT2D eigenvalue weighted by molar-refractivity contribution is -0.138. The molecule has 1 aliphatic rings. The van der Waals surface area contributed by atoms with Gasteiger partial charge in [-0.15, -0.1) is 12.4 Å². The first-order valence-corrected chi connectivity index (χ1v) is 18.7. The molecule has 4 aromatic carbocycles. The van der Waals surface area contributed by atoms with Gasteiger partial charge in [0.05, 0.1) is 27.2 Å². The number of carbonyl (C=O) groups is 2. The zero-order valence-corrected chi connectivity index (χ0v) is 33.7. The Balaban J connectivity index is 0.00000673. The number of anilines is 1. The molecule has 1 heterocycles. The summed E-state index contributed by atoms with van der Waals surface area (Å²) in [6.07, 6.45) is 0.430. The van der Waals surface area contributed by atoms with Crippen LogP contribution in [0, 0.1) is 11.2 Å². The van der Waals surface area contributed by atoms with Crippen LogP contribution >= 0.6 is 24.0 Å². The van der Waals surface area contributed by atoms with E-state index in [4.69, 9.17) is 30.5 Å². The summed E-state index contributed by atoms with van der Waals surface area (Å²) in [5, 5.41) is 6.71. The maximum Gasteiger partial charge on any atom is 0.256 e. The zero-order valence-electron chi connectivity index (χ0n) is 32.2. The predicted molar refractivity (Wildman–Crippen MR) is 217 cm³/mol. The summed E-state index contributed by atoms with van der Waals surface area (Å²) in [6.45, 7) is 8.56. The minimum atomic E-state index is -1.17. The summed E-state index contributed by atoms with van der Waals surface area (Å²) >= 11 is 6.59. The molecule has 0 bridgehead atoms. The van der Waals surface area contributed by atoms with Crippen molar-refractivity contribution in [1.82, 2.24) is 10.6 Å². The number of benzene rings is 4. The molecule has 4 aromatic rings. The van der Waals surface area contributed by atoms with E-state index in [0.29, 0.717) is 52.1 Å². The summed E-state index contributed by atoms with van der Waals surface area (Å²) in [5.41, 5.74) is 3.20. The maximum atomic E-state index is 14.4. The van der Waals surface area contributed by atoms with Gasteiger partial charge in [0.15, 0.2) is 11.5 Å². The molecule has 55 heavy (non-hydrogen) atoms. The SMILES string of the molecule is COc1cccc(CCCNCCCOc2cccc(C3OC(CC(=O)NCc4ccccc4F)C(=O)N(CC(C)(C)C)c4ccc(Cl)cc43)c2OC)c1.Cl. The van der Waals surface area contributed by atoms with Crippen LogP contribution in [0.15, 0.2) is 84.9 Å². The minimum absolute atomic E-state index is 0. The summed E-state index contributed by atoms with van der Waals surface area (Å²) in [4.78, 5) is 29.4. The van der Waals surface area contributed by atoms with Crippen LogP contribution in [0.3, 0.4) is 0 Å². The molecule has 0 saturated carbocycles. The zero-order chi connectivity index (χ0) is 38.7. The average molecular weight is 797 g/mol. The van der Waals surface area contributed by atoms with E-state index in [1.54, 1.807) is 49.5 Å². The summed E-state index contributed by atoms with van der Waals surface area (Å²) in [6, 6.07) is 25.3. The van der Waals surface area contributed by atoms with E-state index in [-0.39, 0.29) is 36.7 Å². The number of para-hydroxylation sites is 1. The van der Waals surface area contributed by atoms with Gasteiger partial charge in [0.25, 0.3) is 5.91 Å². The highest BCUT2D eigenvalue weighted by Gasteiger charge is 2.40. The molecule has 9 nitrogen and oxygen atoms in total. The lowest BCUT2D eigenvalue weighted by Gasteiger charge is -2.31. The third-order valence-electron chi connectivity index (χ3n) is 9.05. The molecular weight excluding hydrogens is 744 g/mol. The number of aryl methyl sites for hydroxylation is 1. The minimum Gasteiger partial charge on any atom is -0.497 e. The Labute approximate surface area is 335 Å². The highest BCUT2D eigenvalue weighted by atomic mass is 35.5. The van der Waals surface area contributed by atoms with Gasteiger partial charge in [-0.25, -0.2) is 4.39 Å². The van der Waals surface area contributed by atoms with Crippen LogP contribution in [0.1, 0.15) is 68.4 Å². The fourth-order valence-corrected chi connectivity index (χ4v) is 6.66. The Bertz CT molecular complexity index is 1890. The fourth-order valence-electron chi connectivity index (χ4n) is 6.48. The Morgan fingerprint density at radius 2 is 1.69 bits per heavy atom. The quantitative estimate of drug-likeness (QED) is 0.104. The molecule has 2 unspecified atom stereocenters. The second-order valence-corrected chi connectivity index (χ2v) is 15.0. The van der Waals surface area contributed by atoms with Gasteiger partial charge in [-0.2, -0.15) is 0 Å². The Morgan fingerprint density at radius 3 is 2.44 bits per heavy atom. The van der Waals surface area contributed by atoms with E-state index in [9.17, 15) is 14.0 Å². The summed E-state index contributed by atoms with van der Waals surface area (Å²) < 4.78 is 38.5. The van der Waals surface area contributed by atoms with Crippen LogP contribution in [0.25, 0.3) is 0 Å². The first-order valence-electron chi connectivity index (χ1n) is 18.4. The normalized spacial score (nSPS) is 15.4. The second-order valence-electron chi connectivity index (χ2n) is 14.6. The molecule has 0 aromatic heterocycles. The molecule has 12 heteroatoms. The maximum absolute atomic E-state index is 14.4. The molecule has 0 radical (unpaired) electrons. The molecule has 296 valence electrons. The van der Waals surface area contributed by atoms with Crippen molar-refractivity contribution in [3.8, 4) is 17.2 Å². The van der Waals surface area contributed by atoms with Crippen molar-refractivity contribution < 1.29 is 32.9 Å². The van der Waals surface area contributed by atoms with Crippen LogP contribution < -0.4 is 29.7 Å². The third kappa shape index (κ3) is 12.1. The number of hydrogen-bond acceptors (Lipinski definition) is 7. The van der Waals surface area contributed by atoms with Crippen LogP contribution in [0.4, 0.5) is 10.1 Å². The van der Waals surface area contributed by atoms with E-state index in [1.165, 1.54) is 11.6 Å². The highest BCUT2D eigenvalue weighted by Crippen LogP contribution is 2.45. The number of carbonyl (C=O) groups excluding carboxylic acids is 2. The van der Waals surface area contributed by atoms with Crippen LogP contribution in [-0.2, 0) is 27.3 Å². The van der Waals surface area contributed by atoms with E-state index >= 15 is 0 Å². The van der Waals surface area contributed by atoms with Crippen LogP contribution in [-0.4, -0.2) is 58.4 Å². The third-order valence-corrected chi connectivity index (χ3v) is 9.28. The molecule has 0 saturated heterocycles. The van der Waals surface area contributed by atoms with Crippen molar-refractivity contribution in [2.75, 3.05) is 45.4 Å². The fraction of sp³-hybridized carbons (Fsp3) is 0.395. The van der Waals surface area contributed by atoms with Gasteiger partial charge in [0, 0.05) is 40.5 Å². The standard InChI is InChI=1S/C43H51ClFN3O6.ClH/c1-43(2,3)28-48-36-20-19-31(44)25-34(36)40(54-38(42(48)50)26-39(49)47-27-30-14-6-7-17-35(30)45)33-16-9-18-37(41(33)52-5)53-23-11-22-46-21-10-13-29-12-8-15-32(24-29)51-4;/h6-9,12,14-20,24-25,38,40,46H,10-11,13,21-23,26-28H2,1-5H3,(H,47,49);1H. The van der Waals surface area contributed by atoms with Crippen molar-refractivity contribution >= 4 is 41.5 Å². The Kier molecular flexibility index (Phi) is 16.2. The van der Waals surface area contributed by atoms with Crippen molar-refractivity contribution in [2.45, 2.75) is 65.2 Å². The van der Waals surface area contributed by atoms with Crippen molar-refractivity contribution in [3.05, 3.63) is 118 Å². The smallest absolute Gasteiger partial charge is 0.256 e. The molecule has 0 fully saturated rings. The van der Waals surface area contributed by atoms with Crippen molar-refractivity contribution in [2.24, 2.45) is 5.41 Å². The number of ether oxygens (including phenoxy) is 4. The first-order chi connectivity index (χ1) is 26.0. The van der Waals surface area contributed by atoms with Crippen molar-refractivity contribution in [3.63, 3.8) is 0 Å². The van der Waals surface area contributed by atoms with Crippen LogP contribution in [0.5, 0.6) is 17.2 Å². The number of halogens is 3. The number of nitrogens with zero attached hydrogens (tertiary/aromatic N) is 1. The monoisotopic (exact) mass is 795 g/mol. The summed E-state index contributed by atoms with van der Waals surface area (Å²) in [5.74, 6) is 0.620. The van der Waals surface area contributed by atoms with E-state index in [1.807, 2.05) is 57.2 Å². The molecule has 2 atom stereocenters. The van der Waals surface area contributed by atoms with Gasteiger partial charge in [-0.05, 0) is 85.8 Å². The molecular formula is C43H52Cl2FN3O6. The largest absolute Gasteiger partial charge is 0.497 e. The predicted octanol–water partition coefficient (Wildman–Crippen LogP) is 8.48. The average Bonchev–Trinajstić information content (AvgIpc) is 3.25. The van der Waals surface area contributed by atoms with Gasteiger partial charge in [-0.3, -0.25) is 9.59 Å². The van der Waals surface area contributed by atoms with Gasteiger partial charge >= 0.3 is 0 Å². The van der Waals surface area contributed by atoms with E-state index in [0.717, 1.165) is 38.1 Å². The van der Waals surface area contributed by atoms with E-state index < -0.39 is 23.9 Å². The molecule has 0 spiro atoms. The van der Waals surface area contributed by atoms with Crippen LogP contribution in [0.2, 0.25) is 5.02 Å². The molecule has 2 N–H and O–H groups in total. The topological polar surface area (TPSA) is 98.4 Å². The first kappa shape index (κ1) is 43.4. The Morgan fingerprint density at radius 1 is 0.927 bits per heavy atom. The molecule has 1 aliphatic heterocycles. The van der Waals surface area contributed by atoms with E-state index in [2.05, 4.69) is 22.8 Å². The number of methoxy groups -OCH3 is 2. The molecule has 5 rings (SSSR count). The van der Waals surface area contributed by atoms with Gasteiger partial charge in [0.2, 0.25) is 5.91 Å². The van der Waals surface area contributed by atoms with Gasteiger partial charge < -0.3 is 34.5 Å². The number of nitrogens with one attached hydrogen (secondary N) is 2. The highest BCUT2D eigenvalue weighted by molar-refractivity contribution is 6.30. The van der Waals surface area contributed by atoms with Gasteiger partial charge in [0.1, 0.15) is 23.8 Å². The number of amides is 2.